The number of hydrogen-bond donors (Lipinski definition) is 0. The molecular weight excluding hydrogens is 556 g/mol. The van der Waals surface area contributed by atoms with Gasteiger partial charge in [-0.3, -0.25) is 19.3 Å². The Kier molecular flexibility index (Phi) is 8.65. The van der Waals surface area contributed by atoms with Gasteiger partial charge in [0.05, 0.1) is 36.7 Å². The zero-order chi connectivity index (χ0) is 30.6. The molecule has 3 aromatic rings. The maximum Gasteiger partial charge on any atom is 0.268 e. The minimum Gasteiger partial charge on any atom is -0.493 e. The number of piperazine rings is 1. The maximum absolute atomic E-state index is 13.7. The summed E-state index contributed by atoms with van der Waals surface area (Å²) in [6.45, 7) is 5.39. The molecule has 9 heteroatoms. The third-order valence-electron chi connectivity index (χ3n) is 8.86. The lowest BCUT2D eigenvalue weighted by atomic mass is 9.93. The molecule has 3 amide bonds. The van der Waals surface area contributed by atoms with Gasteiger partial charge in [0.25, 0.3) is 11.8 Å². The van der Waals surface area contributed by atoms with E-state index in [-0.39, 0.29) is 23.6 Å². The predicted molar refractivity (Wildman–Crippen MR) is 171 cm³/mol. The van der Waals surface area contributed by atoms with E-state index in [2.05, 4.69) is 34.1 Å². The number of piperidine rings is 1. The molecule has 0 N–H and O–H groups in total. The first-order valence-corrected chi connectivity index (χ1v) is 15.2. The quantitative estimate of drug-likeness (QED) is 0.353. The number of imide groups is 1. The van der Waals surface area contributed by atoms with Gasteiger partial charge in [0, 0.05) is 57.8 Å². The van der Waals surface area contributed by atoms with Crippen molar-refractivity contribution in [3.8, 4) is 11.5 Å². The summed E-state index contributed by atoms with van der Waals surface area (Å²) in [7, 11) is 3.05. The number of anilines is 2. The minimum atomic E-state index is -0.362. The van der Waals surface area contributed by atoms with Gasteiger partial charge in [-0.2, -0.15) is 0 Å². The summed E-state index contributed by atoms with van der Waals surface area (Å²) in [5.41, 5.74) is 3.16. The van der Waals surface area contributed by atoms with Gasteiger partial charge >= 0.3 is 0 Å². The van der Waals surface area contributed by atoms with Gasteiger partial charge in [0.1, 0.15) is 0 Å². The van der Waals surface area contributed by atoms with Crippen LogP contribution in [0.15, 0.2) is 72.8 Å². The van der Waals surface area contributed by atoms with Gasteiger partial charge in [-0.05, 0) is 42.7 Å². The van der Waals surface area contributed by atoms with E-state index in [9.17, 15) is 14.4 Å². The van der Waals surface area contributed by atoms with Crippen LogP contribution in [0.3, 0.4) is 0 Å². The summed E-state index contributed by atoms with van der Waals surface area (Å²) >= 11 is 0. The summed E-state index contributed by atoms with van der Waals surface area (Å²) in [6, 6.07) is 20.7. The smallest absolute Gasteiger partial charge is 0.268 e. The summed E-state index contributed by atoms with van der Waals surface area (Å²) < 4.78 is 10.7. The topological polar surface area (TPSA) is 82.6 Å². The Hall–Kier alpha value is -4.63. The van der Waals surface area contributed by atoms with Crippen molar-refractivity contribution in [2.24, 2.45) is 5.92 Å². The Labute approximate surface area is 258 Å². The standard InChI is InChI=1S/C35H38N4O5/c1-43-30-14-13-27(24-31(30)44-2)39-34(41)28-11-6-12-29(32(28)35(39)42)37-18-15-26(16-19-37)33(40)38-22-20-36(21-23-38)17-7-10-25-8-4-3-5-9-25/h3-14,24,26H,15-23H2,1-2H3. The molecule has 2 fully saturated rings. The van der Waals surface area contributed by atoms with Crippen LogP contribution >= 0.6 is 0 Å². The fourth-order valence-corrected chi connectivity index (χ4v) is 6.41. The van der Waals surface area contributed by atoms with Crippen molar-refractivity contribution < 1.29 is 23.9 Å². The lowest BCUT2D eigenvalue weighted by molar-refractivity contribution is -0.137. The number of nitrogens with zero attached hydrogens (tertiary/aromatic N) is 4. The molecule has 44 heavy (non-hydrogen) atoms. The lowest BCUT2D eigenvalue weighted by Gasteiger charge is -2.39. The van der Waals surface area contributed by atoms with Gasteiger partial charge in [0.2, 0.25) is 5.91 Å². The number of benzene rings is 3. The number of fused-ring (bicyclic) bond motifs is 1. The highest BCUT2D eigenvalue weighted by molar-refractivity contribution is 6.36. The molecule has 9 nitrogen and oxygen atoms in total. The van der Waals surface area contributed by atoms with E-state index in [0.717, 1.165) is 38.4 Å². The third kappa shape index (κ3) is 5.79. The second kappa shape index (κ2) is 12.9. The van der Waals surface area contributed by atoms with E-state index in [1.165, 1.54) is 24.7 Å². The fraction of sp³-hybridized carbons (Fsp3) is 0.343. The molecule has 0 aliphatic carbocycles. The number of amides is 3. The van der Waals surface area contributed by atoms with Gasteiger partial charge in [-0.1, -0.05) is 48.6 Å². The molecule has 0 bridgehead atoms. The van der Waals surface area contributed by atoms with Crippen molar-refractivity contribution in [3.05, 3.63) is 89.5 Å². The molecule has 3 heterocycles. The second-order valence-electron chi connectivity index (χ2n) is 11.4. The van der Waals surface area contributed by atoms with Crippen molar-refractivity contribution in [1.29, 1.82) is 0 Å². The van der Waals surface area contributed by atoms with Crippen LogP contribution in [-0.4, -0.2) is 87.6 Å². The van der Waals surface area contributed by atoms with Crippen LogP contribution in [0.2, 0.25) is 0 Å². The molecule has 0 saturated carbocycles. The third-order valence-corrected chi connectivity index (χ3v) is 8.86. The number of ether oxygens (including phenoxy) is 2. The molecule has 6 rings (SSSR count). The highest BCUT2D eigenvalue weighted by Gasteiger charge is 2.40. The summed E-state index contributed by atoms with van der Waals surface area (Å²) in [5, 5.41) is 0. The zero-order valence-electron chi connectivity index (χ0n) is 25.3. The van der Waals surface area contributed by atoms with Gasteiger partial charge in [0.15, 0.2) is 11.5 Å². The van der Waals surface area contributed by atoms with Crippen LogP contribution in [-0.2, 0) is 4.79 Å². The van der Waals surface area contributed by atoms with Gasteiger partial charge in [-0.25, -0.2) is 4.90 Å². The van der Waals surface area contributed by atoms with E-state index >= 15 is 0 Å². The number of methoxy groups -OCH3 is 2. The van der Waals surface area contributed by atoms with Crippen LogP contribution in [0.5, 0.6) is 11.5 Å². The molecule has 3 aliphatic heterocycles. The fourth-order valence-electron chi connectivity index (χ4n) is 6.41. The molecule has 0 radical (unpaired) electrons. The Balaban J connectivity index is 1.06. The maximum atomic E-state index is 13.7. The average molecular weight is 595 g/mol. The first kappa shape index (κ1) is 29.4. The molecule has 2 saturated heterocycles. The summed E-state index contributed by atoms with van der Waals surface area (Å²) in [5.74, 6) is 0.432. The van der Waals surface area contributed by atoms with E-state index in [4.69, 9.17) is 9.47 Å². The summed E-state index contributed by atoms with van der Waals surface area (Å²) in [4.78, 5) is 48.3. The number of hydrogen-bond acceptors (Lipinski definition) is 7. The first-order valence-electron chi connectivity index (χ1n) is 15.2. The van der Waals surface area contributed by atoms with E-state index in [1.807, 2.05) is 35.2 Å². The Bertz CT molecular complexity index is 1560. The normalized spacial score (nSPS) is 17.8. The molecular formula is C35H38N4O5. The predicted octanol–water partition coefficient (Wildman–Crippen LogP) is 4.58. The van der Waals surface area contributed by atoms with Crippen LogP contribution in [0.25, 0.3) is 6.08 Å². The van der Waals surface area contributed by atoms with Crippen LogP contribution in [0.1, 0.15) is 39.1 Å². The van der Waals surface area contributed by atoms with E-state index in [0.29, 0.717) is 54.2 Å². The van der Waals surface area contributed by atoms with Crippen molar-refractivity contribution in [2.45, 2.75) is 12.8 Å². The first-order chi connectivity index (χ1) is 21.5. The van der Waals surface area contributed by atoms with E-state index < -0.39 is 0 Å². The minimum absolute atomic E-state index is 0.0341. The number of carbonyl (C=O) groups excluding carboxylic acids is 3. The largest absolute Gasteiger partial charge is 0.493 e. The van der Waals surface area contributed by atoms with Crippen LogP contribution in [0, 0.1) is 5.92 Å². The molecule has 3 aliphatic rings. The highest BCUT2D eigenvalue weighted by Crippen LogP contribution is 2.39. The van der Waals surface area contributed by atoms with E-state index in [1.54, 1.807) is 24.3 Å². The summed E-state index contributed by atoms with van der Waals surface area (Å²) in [6.07, 6.45) is 5.76. The second-order valence-corrected chi connectivity index (χ2v) is 11.4. The number of rotatable bonds is 8. The average Bonchev–Trinajstić information content (AvgIpc) is 3.34. The Morgan fingerprint density at radius 3 is 2.25 bits per heavy atom. The SMILES string of the molecule is COc1ccc(N2C(=O)c3cccc(N4CCC(C(=O)N5CCN(CC=Cc6ccccc6)CC5)CC4)c3C2=O)cc1OC. The zero-order valence-corrected chi connectivity index (χ0v) is 25.3. The molecule has 0 spiro atoms. The highest BCUT2D eigenvalue weighted by atomic mass is 16.5. The molecule has 3 aromatic carbocycles. The van der Waals surface area contributed by atoms with Crippen molar-refractivity contribution in [2.75, 3.05) is 69.8 Å². The lowest BCUT2D eigenvalue weighted by Crippen LogP contribution is -2.51. The molecule has 0 atom stereocenters. The van der Waals surface area contributed by atoms with Gasteiger partial charge in [-0.15, -0.1) is 0 Å². The van der Waals surface area contributed by atoms with Crippen LogP contribution < -0.4 is 19.3 Å². The molecule has 0 aromatic heterocycles. The Morgan fingerprint density at radius 1 is 0.818 bits per heavy atom. The molecule has 228 valence electrons. The Morgan fingerprint density at radius 2 is 1.55 bits per heavy atom. The number of carbonyl (C=O) groups is 3. The van der Waals surface area contributed by atoms with Crippen molar-refractivity contribution >= 4 is 35.2 Å². The van der Waals surface area contributed by atoms with Crippen molar-refractivity contribution in [1.82, 2.24) is 9.80 Å². The van der Waals surface area contributed by atoms with Crippen molar-refractivity contribution in [3.63, 3.8) is 0 Å². The van der Waals surface area contributed by atoms with Crippen LogP contribution in [0.4, 0.5) is 11.4 Å². The van der Waals surface area contributed by atoms with Gasteiger partial charge < -0.3 is 19.3 Å². The molecule has 0 unspecified atom stereocenters. The monoisotopic (exact) mass is 594 g/mol.